The molecule has 2 saturated heterocycles. The summed E-state index contributed by atoms with van der Waals surface area (Å²) in [5.74, 6) is 1.91. The van der Waals surface area contributed by atoms with Gasteiger partial charge in [-0.05, 0) is 12.5 Å². The Morgan fingerprint density at radius 1 is 1.26 bits per heavy atom. The summed E-state index contributed by atoms with van der Waals surface area (Å²) < 4.78 is 24.7. The number of aromatic nitrogens is 2. The number of ether oxygens (including phenoxy) is 4. The summed E-state index contributed by atoms with van der Waals surface area (Å²) in [4.78, 5) is 4.50. The van der Waals surface area contributed by atoms with Gasteiger partial charge in [-0.25, -0.2) is 4.98 Å². The SMILES string of the molecule is CCCOc1cc(Cl)c(-c2nccn2[C@H]2CO[C@H]3[C@@H]2OC[C@H]3O)cc1OC. The fourth-order valence-corrected chi connectivity index (χ4v) is 3.92. The van der Waals surface area contributed by atoms with Gasteiger partial charge in [-0.2, -0.15) is 0 Å². The Labute approximate surface area is 162 Å². The highest BCUT2D eigenvalue weighted by atomic mass is 35.5. The Kier molecular flexibility index (Phi) is 5.27. The fraction of sp³-hybridized carbons (Fsp3) is 0.526. The number of hydrogen-bond acceptors (Lipinski definition) is 6. The molecule has 1 aromatic carbocycles. The summed E-state index contributed by atoms with van der Waals surface area (Å²) in [6.45, 7) is 3.36. The van der Waals surface area contributed by atoms with Crippen molar-refractivity contribution in [2.75, 3.05) is 26.9 Å². The molecule has 146 valence electrons. The Hall–Kier alpha value is -1.80. The van der Waals surface area contributed by atoms with Crippen LogP contribution in [-0.2, 0) is 9.47 Å². The zero-order valence-electron chi connectivity index (χ0n) is 15.3. The van der Waals surface area contributed by atoms with Crippen molar-refractivity contribution >= 4 is 11.6 Å². The van der Waals surface area contributed by atoms with Crippen molar-refractivity contribution in [3.63, 3.8) is 0 Å². The standard InChI is InChI=1S/C19H23ClN2O5/c1-3-6-25-16-8-12(20)11(7-15(16)24-2)19-21-4-5-22(19)13-9-26-18-14(23)10-27-17(13)18/h4-5,7-8,13-14,17-18,23H,3,6,9-10H2,1-2H3/t13-,14+,17+,18+/m0/s1. The van der Waals surface area contributed by atoms with E-state index >= 15 is 0 Å². The van der Waals surface area contributed by atoms with Crippen LogP contribution >= 0.6 is 11.6 Å². The van der Waals surface area contributed by atoms with Crippen LogP contribution in [0, 0.1) is 0 Å². The van der Waals surface area contributed by atoms with E-state index in [0.717, 1.165) is 12.0 Å². The Bertz CT molecular complexity index is 811. The van der Waals surface area contributed by atoms with E-state index < -0.39 is 6.10 Å². The summed E-state index contributed by atoms with van der Waals surface area (Å²) in [5.41, 5.74) is 0.740. The van der Waals surface area contributed by atoms with E-state index in [4.69, 9.17) is 30.5 Å². The van der Waals surface area contributed by atoms with Gasteiger partial charge in [-0.3, -0.25) is 0 Å². The van der Waals surface area contributed by atoms with Crippen LogP contribution in [0.5, 0.6) is 11.5 Å². The molecule has 0 amide bonds. The molecule has 3 heterocycles. The number of rotatable bonds is 6. The lowest BCUT2D eigenvalue weighted by atomic mass is 10.1. The molecule has 4 atom stereocenters. The number of fused-ring (bicyclic) bond motifs is 1. The van der Waals surface area contributed by atoms with Gasteiger partial charge in [0, 0.05) is 24.0 Å². The average molecular weight is 395 g/mol. The number of halogens is 1. The number of aliphatic hydroxyl groups excluding tert-OH is 1. The van der Waals surface area contributed by atoms with Crippen LogP contribution in [0.15, 0.2) is 24.5 Å². The molecule has 1 N–H and O–H groups in total. The van der Waals surface area contributed by atoms with Crippen LogP contribution in [0.4, 0.5) is 0 Å². The maximum Gasteiger partial charge on any atom is 0.162 e. The second-order valence-electron chi connectivity index (χ2n) is 6.72. The molecule has 0 aliphatic carbocycles. The largest absolute Gasteiger partial charge is 0.493 e. The predicted molar refractivity (Wildman–Crippen MR) is 99.5 cm³/mol. The molecular formula is C19H23ClN2O5. The monoisotopic (exact) mass is 394 g/mol. The molecule has 1 aromatic heterocycles. The van der Waals surface area contributed by atoms with Gasteiger partial charge in [0.15, 0.2) is 11.5 Å². The van der Waals surface area contributed by atoms with E-state index in [1.54, 1.807) is 19.4 Å². The zero-order chi connectivity index (χ0) is 19.0. The molecule has 2 aliphatic rings. The van der Waals surface area contributed by atoms with Crippen LogP contribution in [0.25, 0.3) is 11.4 Å². The number of imidazole rings is 1. The fourth-order valence-electron chi connectivity index (χ4n) is 3.68. The molecule has 2 aliphatic heterocycles. The minimum absolute atomic E-state index is 0.0808. The summed E-state index contributed by atoms with van der Waals surface area (Å²) in [5, 5.41) is 10.5. The smallest absolute Gasteiger partial charge is 0.162 e. The number of methoxy groups -OCH3 is 1. The first-order valence-electron chi connectivity index (χ1n) is 9.08. The molecule has 0 spiro atoms. The molecule has 2 fully saturated rings. The van der Waals surface area contributed by atoms with Crippen LogP contribution < -0.4 is 9.47 Å². The molecule has 2 aromatic rings. The first kappa shape index (κ1) is 18.6. The van der Waals surface area contributed by atoms with Crippen molar-refractivity contribution < 1.29 is 24.1 Å². The van der Waals surface area contributed by atoms with E-state index in [0.29, 0.717) is 35.6 Å². The van der Waals surface area contributed by atoms with Gasteiger partial charge in [-0.1, -0.05) is 18.5 Å². The molecule has 0 radical (unpaired) electrons. The van der Waals surface area contributed by atoms with Gasteiger partial charge in [0.1, 0.15) is 24.1 Å². The summed E-state index contributed by atoms with van der Waals surface area (Å²) in [6, 6.07) is 3.51. The second-order valence-corrected chi connectivity index (χ2v) is 7.13. The van der Waals surface area contributed by atoms with Crippen molar-refractivity contribution in [3.8, 4) is 22.9 Å². The minimum atomic E-state index is -0.592. The second kappa shape index (κ2) is 7.67. The van der Waals surface area contributed by atoms with Crippen LogP contribution in [0.1, 0.15) is 19.4 Å². The van der Waals surface area contributed by atoms with Gasteiger partial charge in [0.2, 0.25) is 0 Å². The van der Waals surface area contributed by atoms with Gasteiger partial charge in [-0.15, -0.1) is 0 Å². The quantitative estimate of drug-likeness (QED) is 0.812. The molecule has 0 saturated carbocycles. The Balaban J connectivity index is 1.68. The number of benzene rings is 1. The molecule has 7 nitrogen and oxygen atoms in total. The predicted octanol–water partition coefficient (Wildman–Crippen LogP) is 2.70. The molecule has 4 rings (SSSR count). The van der Waals surface area contributed by atoms with E-state index in [-0.39, 0.29) is 24.9 Å². The third-order valence-corrected chi connectivity index (χ3v) is 5.30. The lowest BCUT2D eigenvalue weighted by Crippen LogP contribution is -2.30. The summed E-state index contributed by atoms with van der Waals surface area (Å²) >= 11 is 6.55. The molecule has 0 bridgehead atoms. The van der Waals surface area contributed by atoms with Gasteiger partial charge in [0.25, 0.3) is 0 Å². The van der Waals surface area contributed by atoms with Crippen molar-refractivity contribution in [1.82, 2.24) is 9.55 Å². The van der Waals surface area contributed by atoms with Gasteiger partial charge >= 0.3 is 0 Å². The first-order valence-corrected chi connectivity index (χ1v) is 9.46. The lowest BCUT2D eigenvalue weighted by Gasteiger charge is -2.20. The molecule has 27 heavy (non-hydrogen) atoms. The lowest BCUT2D eigenvalue weighted by molar-refractivity contribution is 0.0172. The third kappa shape index (κ3) is 3.29. The molecule has 0 unspecified atom stereocenters. The van der Waals surface area contributed by atoms with E-state index in [1.165, 1.54) is 0 Å². The van der Waals surface area contributed by atoms with E-state index in [2.05, 4.69) is 4.98 Å². The maximum atomic E-state index is 9.99. The van der Waals surface area contributed by atoms with Crippen LogP contribution in [0.2, 0.25) is 5.02 Å². The third-order valence-electron chi connectivity index (χ3n) is 4.98. The van der Waals surface area contributed by atoms with Crippen LogP contribution in [0.3, 0.4) is 0 Å². The molecule has 8 heteroatoms. The van der Waals surface area contributed by atoms with Gasteiger partial charge in [0.05, 0.1) is 38.0 Å². The Morgan fingerprint density at radius 2 is 2.07 bits per heavy atom. The van der Waals surface area contributed by atoms with E-state index in [9.17, 15) is 5.11 Å². The van der Waals surface area contributed by atoms with Crippen molar-refractivity contribution in [3.05, 3.63) is 29.5 Å². The summed E-state index contributed by atoms with van der Waals surface area (Å²) in [6.07, 6.45) is 3.39. The highest BCUT2D eigenvalue weighted by Gasteiger charge is 2.48. The summed E-state index contributed by atoms with van der Waals surface area (Å²) in [7, 11) is 1.60. The highest BCUT2D eigenvalue weighted by Crippen LogP contribution is 2.41. The maximum absolute atomic E-state index is 9.99. The van der Waals surface area contributed by atoms with Crippen molar-refractivity contribution in [2.24, 2.45) is 0 Å². The number of aliphatic hydroxyl groups is 1. The average Bonchev–Trinajstić information content (AvgIpc) is 3.38. The highest BCUT2D eigenvalue weighted by molar-refractivity contribution is 6.33. The van der Waals surface area contributed by atoms with Gasteiger partial charge < -0.3 is 28.6 Å². The topological polar surface area (TPSA) is 75.0 Å². The first-order chi connectivity index (χ1) is 13.1. The zero-order valence-corrected chi connectivity index (χ0v) is 16.1. The van der Waals surface area contributed by atoms with Crippen molar-refractivity contribution in [2.45, 2.75) is 37.7 Å². The number of hydrogen-bond donors (Lipinski definition) is 1. The van der Waals surface area contributed by atoms with Crippen molar-refractivity contribution in [1.29, 1.82) is 0 Å². The Morgan fingerprint density at radius 3 is 2.85 bits per heavy atom. The number of nitrogens with zero attached hydrogens (tertiary/aromatic N) is 2. The molecular weight excluding hydrogens is 372 g/mol. The normalized spacial score (nSPS) is 27.0. The van der Waals surface area contributed by atoms with Crippen LogP contribution in [-0.4, -0.2) is 59.9 Å². The van der Waals surface area contributed by atoms with E-state index in [1.807, 2.05) is 23.8 Å². The minimum Gasteiger partial charge on any atom is -0.493 e.